The van der Waals surface area contributed by atoms with Crippen molar-refractivity contribution in [1.82, 2.24) is 10.6 Å². The average molecular weight is 379 g/mol. The molecule has 0 radical (unpaired) electrons. The number of amides is 1. The molecule has 0 aromatic carbocycles. The third kappa shape index (κ3) is 8.23. The number of thioether (sulfide) groups is 1. The molecule has 0 spiro atoms. The molecular formula is C17H34N2O5S. The highest BCUT2D eigenvalue weighted by Crippen LogP contribution is 2.29. The Bertz CT molecular complexity index is 375. The van der Waals surface area contributed by atoms with Gasteiger partial charge < -0.3 is 30.7 Å². The van der Waals surface area contributed by atoms with E-state index < -0.39 is 29.8 Å². The number of aliphatic hydroxyl groups is 3. The Balaban J connectivity index is 2.33. The normalized spacial score (nSPS) is 29.6. The van der Waals surface area contributed by atoms with Crippen molar-refractivity contribution in [2.75, 3.05) is 26.0 Å². The van der Waals surface area contributed by atoms with Gasteiger partial charge in [0.15, 0.2) is 0 Å². The number of hydrogen-bond acceptors (Lipinski definition) is 7. The highest BCUT2D eigenvalue weighted by molar-refractivity contribution is 7.99. The van der Waals surface area contributed by atoms with Gasteiger partial charge in [0.25, 0.3) is 0 Å². The molecule has 5 unspecified atom stereocenters. The Kier molecular flexibility index (Phi) is 11.7. The van der Waals surface area contributed by atoms with E-state index in [0.717, 1.165) is 25.1 Å². The first-order valence-electron chi connectivity index (χ1n) is 9.17. The standard InChI is InChI=1S/C17H34N2O5S/c1-12(21)19-14-16(23)15(22)13(11-20)24-17(14)25-10-8-6-4-3-5-7-9-18-2/h13-18,20,22-23H,3-11H2,1-2H3,(H,19,21). The van der Waals surface area contributed by atoms with Gasteiger partial charge in [-0.05, 0) is 32.2 Å². The lowest BCUT2D eigenvalue weighted by Gasteiger charge is -2.42. The topological polar surface area (TPSA) is 111 Å². The van der Waals surface area contributed by atoms with Crippen LogP contribution in [0, 0.1) is 0 Å². The van der Waals surface area contributed by atoms with Crippen molar-refractivity contribution >= 4 is 17.7 Å². The summed E-state index contributed by atoms with van der Waals surface area (Å²) < 4.78 is 5.69. The lowest BCUT2D eigenvalue weighted by molar-refractivity contribution is -0.173. The largest absolute Gasteiger partial charge is 0.394 e. The van der Waals surface area contributed by atoms with E-state index in [4.69, 9.17) is 4.74 Å². The molecule has 148 valence electrons. The van der Waals surface area contributed by atoms with Crippen molar-refractivity contribution < 1.29 is 24.9 Å². The highest BCUT2D eigenvalue weighted by Gasteiger charge is 2.44. The Labute approximate surface area is 154 Å². The number of aliphatic hydroxyl groups excluding tert-OH is 3. The second kappa shape index (κ2) is 12.9. The van der Waals surface area contributed by atoms with Gasteiger partial charge in [0.05, 0.1) is 12.6 Å². The molecule has 0 aliphatic carbocycles. The Morgan fingerprint density at radius 2 is 1.72 bits per heavy atom. The number of unbranched alkanes of at least 4 members (excludes halogenated alkanes) is 5. The fourth-order valence-corrected chi connectivity index (χ4v) is 4.18. The van der Waals surface area contributed by atoms with Crippen molar-refractivity contribution in [3.05, 3.63) is 0 Å². The molecule has 0 aromatic heterocycles. The summed E-state index contributed by atoms with van der Waals surface area (Å²) in [6.07, 6.45) is 3.86. The van der Waals surface area contributed by atoms with E-state index >= 15 is 0 Å². The molecule has 1 fully saturated rings. The summed E-state index contributed by atoms with van der Waals surface area (Å²) in [5.41, 5.74) is -0.477. The van der Waals surface area contributed by atoms with Crippen molar-refractivity contribution in [2.24, 2.45) is 0 Å². The highest BCUT2D eigenvalue weighted by atomic mass is 32.2. The van der Waals surface area contributed by atoms with E-state index in [1.807, 2.05) is 7.05 Å². The summed E-state index contributed by atoms with van der Waals surface area (Å²) in [7, 11) is 1.97. The molecule has 1 saturated heterocycles. The van der Waals surface area contributed by atoms with E-state index in [9.17, 15) is 20.1 Å². The van der Waals surface area contributed by atoms with Gasteiger partial charge in [-0.1, -0.05) is 25.7 Å². The van der Waals surface area contributed by atoms with E-state index in [1.165, 1.54) is 44.4 Å². The van der Waals surface area contributed by atoms with E-state index in [2.05, 4.69) is 10.6 Å². The van der Waals surface area contributed by atoms with Crippen LogP contribution in [0.4, 0.5) is 0 Å². The molecule has 7 nitrogen and oxygen atoms in total. The van der Waals surface area contributed by atoms with Crippen LogP contribution in [0.3, 0.4) is 0 Å². The van der Waals surface area contributed by atoms with Crippen LogP contribution < -0.4 is 10.6 Å². The van der Waals surface area contributed by atoms with Gasteiger partial charge in [-0.2, -0.15) is 0 Å². The van der Waals surface area contributed by atoms with Gasteiger partial charge >= 0.3 is 0 Å². The third-order valence-corrected chi connectivity index (χ3v) is 5.61. The van der Waals surface area contributed by atoms with Gasteiger partial charge in [-0.25, -0.2) is 0 Å². The van der Waals surface area contributed by atoms with Crippen molar-refractivity contribution in [1.29, 1.82) is 0 Å². The quantitative estimate of drug-likeness (QED) is 0.309. The maximum absolute atomic E-state index is 11.4. The fourth-order valence-electron chi connectivity index (χ4n) is 2.92. The zero-order valence-electron chi connectivity index (χ0n) is 15.3. The minimum Gasteiger partial charge on any atom is -0.394 e. The Hall–Kier alpha value is -0.380. The number of rotatable bonds is 12. The van der Waals surface area contributed by atoms with E-state index in [1.54, 1.807) is 0 Å². The SMILES string of the molecule is CNCCCCCCCCSC1OC(CO)C(O)C(O)C1NC(C)=O. The second-order valence-corrected chi connectivity index (χ2v) is 7.73. The number of nitrogens with one attached hydrogen (secondary N) is 2. The second-order valence-electron chi connectivity index (χ2n) is 6.53. The van der Waals surface area contributed by atoms with Crippen molar-refractivity contribution in [3.8, 4) is 0 Å². The molecule has 0 aromatic rings. The predicted octanol–water partition coefficient (Wildman–Crippen LogP) is 0.223. The third-order valence-electron chi connectivity index (χ3n) is 4.35. The molecule has 8 heteroatoms. The number of ether oxygens (including phenoxy) is 1. The minimum atomic E-state index is -1.21. The zero-order valence-corrected chi connectivity index (χ0v) is 16.1. The van der Waals surface area contributed by atoms with Crippen molar-refractivity contribution in [2.45, 2.75) is 75.2 Å². The van der Waals surface area contributed by atoms with Crippen LogP contribution in [-0.4, -0.2) is 77.0 Å². The molecule has 25 heavy (non-hydrogen) atoms. The minimum absolute atomic E-state index is 0.283. The summed E-state index contributed by atoms with van der Waals surface area (Å²) >= 11 is 1.52. The summed E-state index contributed by atoms with van der Waals surface area (Å²) in [5, 5.41) is 35.3. The van der Waals surface area contributed by atoms with Gasteiger partial charge in [-0.15, -0.1) is 11.8 Å². The van der Waals surface area contributed by atoms with Crippen LogP contribution in [0.15, 0.2) is 0 Å². The van der Waals surface area contributed by atoms with Crippen LogP contribution in [0.2, 0.25) is 0 Å². The number of hydrogen-bond donors (Lipinski definition) is 5. The molecule has 0 bridgehead atoms. The molecular weight excluding hydrogens is 344 g/mol. The summed E-state index contributed by atoms with van der Waals surface area (Å²) in [4.78, 5) is 11.4. The summed E-state index contributed by atoms with van der Waals surface area (Å²) in [6.45, 7) is 2.07. The lowest BCUT2D eigenvalue weighted by atomic mass is 9.98. The van der Waals surface area contributed by atoms with E-state index in [0.29, 0.717) is 0 Å². The van der Waals surface area contributed by atoms with Gasteiger partial charge in [0.1, 0.15) is 23.7 Å². The molecule has 1 rings (SSSR count). The smallest absolute Gasteiger partial charge is 0.217 e. The van der Waals surface area contributed by atoms with Crippen LogP contribution in [0.25, 0.3) is 0 Å². The molecule has 1 heterocycles. The number of carbonyl (C=O) groups excluding carboxylic acids is 1. The first-order valence-corrected chi connectivity index (χ1v) is 10.2. The molecule has 0 saturated carbocycles. The Morgan fingerprint density at radius 1 is 1.08 bits per heavy atom. The lowest BCUT2D eigenvalue weighted by Crippen LogP contribution is -2.63. The average Bonchev–Trinajstić information content (AvgIpc) is 2.59. The van der Waals surface area contributed by atoms with Gasteiger partial charge in [-0.3, -0.25) is 4.79 Å². The molecule has 5 atom stereocenters. The van der Waals surface area contributed by atoms with E-state index in [-0.39, 0.29) is 12.5 Å². The molecule has 1 aliphatic heterocycles. The summed E-state index contributed by atoms with van der Waals surface area (Å²) in [5.74, 6) is 0.563. The first kappa shape index (κ1) is 22.7. The van der Waals surface area contributed by atoms with Crippen LogP contribution in [0.5, 0.6) is 0 Å². The van der Waals surface area contributed by atoms with Crippen LogP contribution >= 0.6 is 11.8 Å². The summed E-state index contributed by atoms with van der Waals surface area (Å²) in [6, 6.07) is -0.679. The van der Waals surface area contributed by atoms with Crippen molar-refractivity contribution in [3.63, 3.8) is 0 Å². The maximum atomic E-state index is 11.4. The van der Waals surface area contributed by atoms with Crippen LogP contribution in [0.1, 0.15) is 45.4 Å². The maximum Gasteiger partial charge on any atom is 0.217 e. The monoisotopic (exact) mass is 378 g/mol. The molecule has 1 amide bonds. The fraction of sp³-hybridized carbons (Fsp3) is 0.941. The molecule has 1 aliphatic rings. The van der Waals surface area contributed by atoms with Gasteiger partial charge in [0, 0.05) is 6.92 Å². The van der Waals surface area contributed by atoms with Crippen LogP contribution in [-0.2, 0) is 9.53 Å². The first-order chi connectivity index (χ1) is 12.0. The predicted molar refractivity (Wildman–Crippen MR) is 99.5 cm³/mol. The zero-order chi connectivity index (χ0) is 18.7. The molecule has 5 N–H and O–H groups in total. The van der Waals surface area contributed by atoms with Gasteiger partial charge in [0.2, 0.25) is 5.91 Å². The number of carbonyl (C=O) groups is 1. The Morgan fingerprint density at radius 3 is 2.32 bits per heavy atom.